The Morgan fingerprint density at radius 1 is 1.13 bits per heavy atom. The standard InChI is InChI=1S/C22H27N3O5/c1-8-18(26)30-22-20(15(7)23-24(22)9-2)21(27)16-10-11-17(25(28)29)19(14(16)6)13(5)12(3)4/h10-11H,8-9H2,1-7H3. The van der Waals surface area contributed by atoms with Gasteiger partial charge in [0.15, 0.2) is 0 Å². The van der Waals surface area contributed by atoms with Crippen molar-refractivity contribution in [3.8, 4) is 5.88 Å². The molecule has 30 heavy (non-hydrogen) atoms. The first-order chi connectivity index (χ1) is 14.0. The Morgan fingerprint density at radius 2 is 1.77 bits per heavy atom. The number of nitro benzene ring substituents is 1. The highest BCUT2D eigenvalue weighted by molar-refractivity contribution is 6.13. The monoisotopic (exact) mass is 413 g/mol. The van der Waals surface area contributed by atoms with Crippen molar-refractivity contribution in [2.24, 2.45) is 0 Å². The highest BCUT2D eigenvalue weighted by Gasteiger charge is 2.29. The molecule has 2 rings (SSSR count). The first-order valence-corrected chi connectivity index (χ1v) is 9.80. The molecule has 0 unspecified atom stereocenters. The smallest absolute Gasteiger partial charge is 0.312 e. The summed E-state index contributed by atoms with van der Waals surface area (Å²) in [5, 5.41) is 15.9. The van der Waals surface area contributed by atoms with Gasteiger partial charge in [-0.1, -0.05) is 12.5 Å². The number of aryl methyl sites for hydroxylation is 2. The van der Waals surface area contributed by atoms with Crippen LogP contribution in [0.5, 0.6) is 5.88 Å². The second-order valence-electron chi connectivity index (χ2n) is 7.25. The minimum absolute atomic E-state index is 0.0543. The maximum Gasteiger partial charge on any atom is 0.312 e. The normalized spacial score (nSPS) is 10.6. The third kappa shape index (κ3) is 4.17. The number of aromatic nitrogens is 2. The molecule has 1 aromatic carbocycles. The van der Waals surface area contributed by atoms with E-state index in [1.165, 1.54) is 16.8 Å². The zero-order valence-electron chi connectivity index (χ0n) is 18.5. The second-order valence-corrected chi connectivity index (χ2v) is 7.25. The Bertz CT molecular complexity index is 1060. The van der Waals surface area contributed by atoms with Crippen LogP contribution >= 0.6 is 0 Å². The number of carbonyl (C=O) groups excluding carboxylic acids is 2. The summed E-state index contributed by atoms with van der Waals surface area (Å²) in [6, 6.07) is 2.80. The number of ketones is 1. The van der Waals surface area contributed by atoms with Crippen molar-refractivity contribution >= 4 is 23.0 Å². The van der Waals surface area contributed by atoms with Crippen LogP contribution in [0.1, 0.15) is 73.8 Å². The van der Waals surface area contributed by atoms with Crippen LogP contribution in [0.3, 0.4) is 0 Å². The van der Waals surface area contributed by atoms with Crippen LogP contribution < -0.4 is 4.74 Å². The fraction of sp³-hybridized carbons (Fsp3) is 0.409. The Labute approximate surface area is 175 Å². The SMILES string of the molecule is CCC(=O)Oc1c(C(=O)c2ccc([N+](=O)[O-])c(C(C)=C(C)C)c2C)c(C)nn1CC. The van der Waals surface area contributed by atoms with E-state index in [1.54, 1.807) is 27.7 Å². The zero-order chi connectivity index (χ0) is 22.7. The molecule has 8 heteroatoms. The third-order valence-corrected chi connectivity index (χ3v) is 5.12. The van der Waals surface area contributed by atoms with Crippen molar-refractivity contribution in [3.63, 3.8) is 0 Å². The molecule has 0 atom stereocenters. The number of esters is 1. The van der Waals surface area contributed by atoms with Crippen LogP contribution in [0.15, 0.2) is 17.7 Å². The highest BCUT2D eigenvalue weighted by Crippen LogP contribution is 2.35. The minimum Gasteiger partial charge on any atom is -0.407 e. The fourth-order valence-electron chi connectivity index (χ4n) is 3.27. The van der Waals surface area contributed by atoms with Crippen LogP contribution in [-0.2, 0) is 11.3 Å². The lowest BCUT2D eigenvalue weighted by molar-refractivity contribution is -0.385. The summed E-state index contributed by atoms with van der Waals surface area (Å²) in [7, 11) is 0. The molecule has 0 aliphatic carbocycles. The second kappa shape index (κ2) is 9.02. The fourth-order valence-corrected chi connectivity index (χ4v) is 3.27. The number of hydrogen-bond donors (Lipinski definition) is 0. The number of benzene rings is 1. The van der Waals surface area contributed by atoms with Gasteiger partial charge >= 0.3 is 5.97 Å². The number of nitro groups is 1. The van der Waals surface area contributed by atoms with Gasteiger partial charge in [-0.2, -0.15) is 5.10 Å². The van der Waals surface area contributed by atoms with E-state index in [0.717, 1.165) is 11.1 Å². The van der Waals surface area contributed by atoms with Gasteiger partial charge in [-0.05, 0) is 58.7 Å². The van der Waals surface area contributed by atoms with E-state index in [1.807, 2.05) is 20.8 Å². The van der Waals surface area contributed by atoms with Crippen LogP contribution in [0, 0.1) is 24.0 Å². The lowest BCUT2D eigenvalue weighted by atomic mass is 9.90. The van der Waals surface area contributed by atoms with Gasteiger partial charge < -0.3 is 4.74 Å². The molecule has 0 saturated heterocycles. The Morgan fingerprint density at radius 3 is 2.27 bits per heavy atom. The minimum atomic E-state index is -0.472. The lowest BCUT2D eigenvalue weighted by Gasteiger charge is -2.14. The van der Waals surface area contributed by atoms with Gasteiger partial charge in [-0.15, -0.1) is 0 Å². The average Bonchev–Trinajstić information content (AvgIpc) is 3.01. The van der Waals surface area contributed by atoms with Gasteiger partial charge in [0.1, 0.15) is 5.56 Å². The van der Waals surface area contributed by atoms with E-state index in [0.29, 0.717) is 28.9 Å². The van der Waals surface area contributed by atoms with Crippen LogP contribution in [0.2, 0.25) is 0 Å². The van der Waals surface area contributed by atoms with Crippen molar-refractivity contribution in [1.29, 1.82) is 0 Å². The largest absolute Gasteiger partial charge is 0.407 e. The topological polar surface area (TPSA) is 104 Å². The molecule has 1 aromatic heterocycles. The molecule has 1 heterocycles. The zero-order valence-corrected chi connectivity index (χ0v) is 18.5. The molecule has 0 amide bonds. The summed E-state index contributed by atoms with van der Waals surface area (Å²) in [5.74, 6) is -0.758. The molecule has 160 valence electrons. The molecule has 8 nitrogen and oxygen atoms in total. The molecular weight excluding hydrogens is 386 g/mol. The van der Waals surface area contributed by atoms with E-state index >= 15 is 0 Å². The predicted octanol–water partition coefficient (Wildman–Crippen LogP) is 4.79. The molecule has 0 aliphatic heterocycles. The van der Waals surface area contributed by atoms with E-state index in [4.69, 9.17) is 4.74 Å². The predicted molar refractivity (Wildman–Crippen MR) is 114 cm³/mol. The highest BCUT2D eigenvalue weighted by atomic mass is 16.6. The first-order valence-electron chi connectivity index (χ1n) is 9.80. The average molecular weight is 413 g/mol. The quantitative estimate of drug-likeness (QED) is 0.280. The van der Waals surface area contributed by atoms with Crippen molar-refractivity contribution in [1.82, 2.24) is 9.78 Å². The number of rotatable bonds is 7. The summed E-state index contributed by atoms with van der Waals surface area (Å²) in [6.07, 6.45) is 0.155. The summed E-state index contributed by atoms with van der Waals surface area (Å²) < 4.78 is 6.89. The summed E-state index contributed by atoms with van der Waals surface area (Å²) >= 11 is 0. The molecule has 0 aliphatic rings. The number of allylic oxidation sites excluding steroid dienone is 2. The van der Waals surface area contributed by atoms with E-state index in [-0.39, 0.29) is 29.3 Å². The number of hydrogen-bond acceptors (Lipinski definition) is 6. The van der Waals surface area contributed by atoms with Gasteiger partial charge in [0.2, 0.25) is 11.7 Å². The van der Waals surface area contributed by atoms with Gasteiger partial charge in [0, 0.05) is 24.6 Å². The summed E-state index contributed by atoms with van der Waals surface area (Å²) in [5.41, 5.74) is 3.47. The van der Waals surface area contributed by atoms with E-state index in [2.05, 4.69) is 5.10 Å². The third-order valence-electron chi connectivity index (χ3n) is 5.12. The van der Waals surface area contributed by atoms with Gasteiger partial charge in [0.05, 0.1) is 16.2 Å². The number of carbonyl (C=O) groups is 2. The Hall–Kier alpha value is -3.29. The molecule has 2 aromatic rings. The van der Waals surface area contributed by atoms with Gasteiger partial charge in [0.25, 0.3) is 5.69 Å². The molecule has 0 saturated carbocycles. The van der Waals surface area contributed by atoms with Crippen LogP contribution in [-0.4, -0.2) is 26.5 Å². The first kappa shape index (κ1) is 23.0. The summed E-state index contributed by atoms with van der Waals surface area (Å²) in [4.78, 5) is 36.6. The van der Waals surface area contributed by atoms with Crippen molar-refractivity contribution < 1.29 is 19.2 Å². The van der Waals surface area contributed by atoms with Gasteiger partial charge in [-0.25, -0.2) is 4.68 Å². The number of ether oxygens (including phenoxy) is 1. The maximum atomic E-state index is 13.5. The molecule has 0 bridgehead atoms. The van der Waals surface area contributed by atoms with E-state index < -0.39 is 10.9 Å². The Kier molecular flexibility index (Phi) is 6.92. The molecular formula is C22H27N3O5. The van der Waals surface area contributed by atoms with Crippen molar-refractivity contribution in [2.75, 3.05) is 0 Å². The summed E-state index contributed by atoms with van der Waals surface area (Å²) in [6.45, 7) is 12.8. The molecule has 0 radical (unpaired) electrons. The van der Waals surface area contributed by atoms with Crippen LogP contribution in [0.25, 0.3) is 5.57 Å². The number of nitrogens with zero attached hydrogens (tertiary/aromatic N) is 3. The molecule has 0 N–H and O–H groups in total. The van der Waals surface area contributed by atoms with E-state index in [9.17, 15) is 19.7 Å². The Balaban J connectivity index is 2.75. The van der Waals surface area contributed by atoms with Crippen molar-refractivity contribution in [2.45, 2.75) is 61.4 Å². The lowest BCUT2D eigenvalue weighted by Crippen LogP contribution is -2.14. The molecule has 0 spiro atoms. The van der Waals surface area contributed by atoms with Crippen LogP contribution in [0.4, 0.5) is 5.69 Å². The maximum absolute atomic E-state index is 13.5. The van der Waals surface area contributed by atoms with Gasteiger partial charge in [-0.3, -0.25) is 19.7 Å². The van der Waals surface area contributed by atoms with Crippen molar-refractivity contribution in [3.05, 3.63) is 55.8 Å². The molecule has 0 fully saturated rings.